The summed E-state index contributed by atoms with van der Waals surface area (Å²) >= 11 is 1.47. The van der Waals surface area contributed by atoms with Crippen LogP contribution < -0.4 is 14.8 Å². The Morgan fingerprint density at radius 1 is 1.03 bits per heavy atom. The molecule has 164 valence electrons. The molecule has 0 aliphatic heterocycles. The number of methoxy groups -OCH3 is 2. The molecule has 0 saturated heterocycles. The van der Waals surface area contributed by atoms with Gasteiger partial charge in [-0.15, -0.1) is 11.3 Å². The maximum Gasteiger partial charge on any atom is 0.225 e. The number of benzene rings is 2. The second kappa shape index (κ2) is 9.65. The van der Waals surface area contributed by atoms with Crippen molar-refractivity contribution in [3.05, 3.63) is 71.2 Å². The van der Waals surface area contributed by atoms with Crippen LogP contribution in [0.3, 0.4) is 0 Å². The summed E-state index contributed by atoms with van der Waals surface area (Å²) in [6.07, 6.45) is 1.01. The lowest BCUT2D eigenvalue weighted by Gasteiger charge is -2.07. The Bertz CT molecular complexity index is 1200. The van der Waals surface area contributed by atoms with Crippen molar-refractivity contribution in [2.24, 2.45) is 0 Å². The summed E-state index contributed by atoms with van der Waals surface area (Å²) in [4.78, 5) is 17.3. The molecule has 0 fully saturated rings. The lowest BCUT2D eigenvalue weighted by atomic mass is 10.1. The van der Waals surface area contributed by atoms with Crippen LogP contribution in [0, 0.1) is 6.92 Å². The number of nitrogens with zero attached hydrogens (tertiary/aromatic N) is 3. The van der Waals surface area contributed by atoms with Gasteiger partial charge in [0.1, 0.15) is 17.3 Å². The number of carbonyl (C=O) groups is 1. The van der Waals surface area contributed by atoms with Gasteiger partial charge in [-0.05, 0) is 55.3 Å². The fraction of sp³-hybridized carbons (Fsp3) is 0.208. The minimum absolute atomic E-state index is 0.0751. The number of nitrogens with one attached hydrogen (secondary N) is 1. The molecule has 2 aromatic heterocycles. The molecule has 0 radical (unpaired) electrons. The Kier molecular flexibility index (Phi) is 6.51. The Labute approximate surface area is 190 Å². The molecule has 0 saturated carbocycles. The van der Waals surface area contributed by atoms with E-state index in [2.05, 4.69) is 10.4 Å². The lowest BCUT2D eigenvalue weighted by Crippen LogP contribution is -2.15. The fourth-order valence-electron chi connectivity index (χ4n) is 3.25. The molecule has 0 aliphatic rings. The summed E-state index contributed by atoms with van der Waals surface area (Å²) in [5, 5.41) is 10.2. The first-order valence-corrected chi connectivity index (χ1v) is 11.0. The van der Waals surface area contributed by atoms with Gasteiger partial charge in [-0.25, -0.2) is 4.98 Å². The third-order valence-corrected chi connectivity index (χ3v) is 5.77. The van der Waals surface area contributed by atoms with E-state index in [1.165, 1.54) is 11.3 Å². The van der Waals surface area contributed by atoms with Gasteiger partial charge in [0.25, 0.3) is 0 Å². The van der Waals surface area contributed by atoms with E-state index >= 15 is 0 Å². The molecule has 0 spiro atoms. The summed E-state index contributed by atoms with van der Waals surface area (Å²) in [6.45, 7) is 1.89. The number of carbonyl (C=O) groups excluding carboxylic acids is 1. The van der Waals surface area contributed by atoms with Crippen LogP contribution in [0.15, 0.2) is 60.0 Å². The summed E-state index contributed by atoms with van der Waals surface area (Å²) < 4.78 is 12.1. The quantitative estimate of drug-likeness (QED) is 0.415. The normalized spacial score (nSPS) is 10.7. The molecule has 32 heavy (non-hydrogen) atoms. The van der Waals surface area contributed by atoms with Gasteiger partial charge < -0.3 is 14.8 Å². The number of thiazole rings is 1. The van der Waals surface area contributed by atoms with E-state index in [-0.39, 0.29) is 5.91 Å². The van der Waals surface area contributed by atoms with Crippen LogP contribution in [0.5, 0.6) is 11.5 Å². The third-order valence-electron chi connectivity index (χ3n) is 4.96. The zero-order chi connectivity index (χ0) is 22.5. The Balaban J connectivity index is 1.45. The number of aromatic nitrogens is 3. The molecule has 0 atom stereocenters. The van der Waals surface area contributed by atoms with Gasteiger partial charge in [0.05, 0.1) is 25.6 Å². The third kappa shape index (κ3) is 4.97. The molecule has 8 heteroatoms. The predicted molar refractivity (Wildman–Crippen MR) is 126 cm³/mol. The lowest BCUT2D eigenvalue weighted by molar-refractivity contribution is -0.116. The first-order chi connectivity index (χ1) is 15.6. The van der Waals surface area contributed by atoms with Gasteiger partial charge in [-0.3, -0.25) is 4.79 Å². The number of anilines is 1. The van der Waals surface area contributed by atoms with Crippen molar-refractivity contribution in [2.75, 3.05) is 19.5 Å². The zero-order valence-electron chi connectivity index (χ0n) is 18.2. The number of amides is 1. The molecule has 1 N–H and O–H groups in total. The second-order valence-electron chi connectivity index (χ2n) is 7.22. The van der Waals surface area contributed by atoms with Gasteiger partial charge in [-0.2, -0.15) is 9.78 Å². The number of hydrogen-bond donors (Lipinski definition) is 1. The standard InChI is InChI=1S/C24H24N4O3S/c1-16-14-22(26-23(29)13-6-17-4-9-19(30-2)10-5-17)28(27-16)24-25-21(15-32-24)18-7-11-20(31-3)12-8-18/h4-5,7-12,14-15H,6,13H2,1-3H3,(H,26,29). The molecule has 2 heterocycles. The van der Waals surface area contributed by atoms with Crippen LogP contribution >= 0.6 is 11.3 Å². The summed E-state index contributed by atoms with van der Waals surface area (Å²) in [5.74, 6) is 2.13. The molecular formula is C24H24N4O3S. The molecular weight excluding hydrogens is 424 g/mol. The van der Waals surface area contributed by atoms with Crippen molar-refractivity contribution >= 4 is 23.1 Å². The SMILES string of the molecule is COc1ccc(CCC(=O)Nc2cc(C)nn2-c2nc(-c3ccc(OC)cc3)cs2)cc1. The first-order valence-electron chi connectivity index (χ1n) is 10.2. The average Bonchev–Trinajstić information content (AvgIpc) is 3.44. The van der Waals surface area contributed by atoms with Gasteiger partial charge in [-0.1, -0.05) is 12.1 Å². The van der Waals surface area contributed by atoms with E-state index in [9.17, 15) is 4.79 Å². The predicted octanol–water partition coefficient (Wildman–Crippen LogP) is 4.89. The van der Waals surface area contributed by atoms with Crippen molar-refractivity contribution in [2.45, 2.75) is 19.8 Å². The van der Waals surface area contributed by atoms with Crippen LogP contribution in [-0.2, 0) is 11.2 Å². The minimum atomic E-state index is -0.0751. The molecule has 1 amide bonds. The van der Waals surface area contributed by atoms with Gasteiger partial charge in [0, 0.05) is 23.4 Å². The number of hydrogen-bond acceptors (Lipinski definition) is 6. The van der Waals surface area contributed by atoms with Crippen LogP contribution in [0.4, 0.5) is 5.82 Å². The smallest absolute Gasteiger partial charge is 0.225 e. The van der Waals surface area contributed by atoms with Crippen LogP contribution in [0.25, 0.3) is 16.4 Å². The van der Waals surface area contributed by atoms with E-state index in [4.69, 9.17) is 14.5 Å². The minimum Gasteiger partial charge on any atom is -0.497 e. The van der Waals surface area contributed by atoms with Gasteiger partial charge in [0.15, 0.2) is 0 Å². The molecule has 0 aliphatic carbocycles. The van der Waals surface area contributed by atoms with Crippen molar-refractivity contribution in [1.29, 1.82) is 0 Å². The molecule has 2 aromatic carbocycles. The van der Waals surface area contributed by atoms with Gasteiger partial charge in [0.2, 0.25) is 11.0 Å². The van der Waals surface area contributed by atoms with E-state index in [1.54, 1.807) is 18.9 Å². The Hall–Kier alpha value is -3.65. The largest absolute Gasteiger partial charge is 0.497 e. The van der Waals surface area contributed by atoms with E-state index in [0.717, 1.165) is 34.0 Å². The van der Waals surface area contributed by atoms with Crippen molar-refractivity contribution in [3.8, 4) is 27.9 Å². The highest BCUT2D eigenvalue weighted by atomic mass is 32.1. The molecule has 4 aromatic rings. The summed E-state index contributed by atoms with van der Waals surface area (Å²) in [5.41, 5.74) is 3.71. The fourth-order valence-corrected chi connectivity index (χ4v) is 4.04. The zero-order valence-corrected chi connectivity index (χ0v) is 19.0. The second-order valence-corrected chi connectivity index (χ2v) is 8.06. The molecule has 0 unspecified atom stereocenters. The van der Waals surface area contributed by atoms with Crippen LogP contribution in [0.2, 0.25) is 0 Å². The highest BCUT2D eigenvalue weighted by Crippen LogP contribution is 2.27. The number of ether oxygens (including phenoxy) is 2. The first kappa shape index (κ1) is 21.6. The average molecular weight is 449 g/mol. The Morgan fingerprint density at radius 2 is 1.69 bits per heavy atom. The van der Waals surface area contributed by atoms with Crippen molar-refractivity contribution in [3.63, 3.8) is 0 Å². The van der Waals surface area contributed by atoms with E-state index < -0.39 is 0 Å². The summed E-state index contributed by atoms with van der Waals surface area (Å²) in [7, 11) is 3.28. The van der Waals surface area contributed by atoms with Crippen LogP contribution in [-0.4, -0.2) is 34.9 Å². The maximum absolute atomic E-state index is 12.6. The number of rotatable bonds is 8. The van der Waals surface area contributed by atoms with Crippen molar-refractivity contribution < 1.29 is 14.3 Å². The highest BCUT2D eigenvalue weighted by Gasteiger charge is 2.15. The van der Waals surface area contributed by atoms with Gasteiger partial charge >= 0.3 is 0 Å². The summed E-state index contributed by atoms with van der Waals surface area (Å²) in [6, 6.07) is 17.3. The van der Waals surface area contributed by atoms with Crippen molar-refractivity contribution in [1.82, 2.24) is 14.8 Å². The molecule has 0 bridgehead atoms. The van der Waals surface area contributed by atoms with E-state index in [0.29, 0.717) is 23.8 Å². The topological polar surface area (TPSA) is 78.3 Å². The molecule has 7 nitrogen and oxygen atoms in total. The number of aryl methyl sites for hydroxylation is 2. The maximum atomic E-state index is 12.6. The monoisotopic (exact) mass is 448 g/mol. The molecule has 4 rings (SSSR count). The Morgan fingerprint density at radius 3 is 2.34 bits per heavy atom. The highest BCUT2D eigenvalue weighted by molar-refractivity contribution is 7.12. The van der Waals surface area contributed by atoms with E-state index in [1.807, 2.05) is 66.9 Å². The van der Waals surface area contributed by atoms with Crippen LogP contribution in [0.1, 0.15) is 17.7 Å².